The van der Waals surface area contributed by atoms with Crippen molar-refractivity contribution in [3.8, 4) is 0 Å². The number of benzene rings is 1. The summed E-state index contributed by atoms with van der Waals surface area (Å²) in [5, 5.41) is 3.55. The Morgan fingerprint density at radius 2 is 1.89 bits per heavy atom. The molecule has 1 rings (SSSR count). The second-order valence-electron chi connectivity index (χ2n) is 5.66. The second-order valence-corrected chi connectivity index (χ2v) is 6.51. The molecule has 19 heavy (non-hydrogen) atoms. The molecule has 0 unspecified atom stereocenters. The topological polar surface area (TPSA) is 12.0 Å². The van der Waals surface area contributed by atoms with E-state index >= 15 is 0 Å². The van der Waals surface area contributed by atoms with Crippen molar-refractivity contribution in [2.75, 3.05) is 6.54 Å². The van der Waals surface area contributed by atoms with Crippen molar-refractivity contribution in [2.24, 2.45) is 5.41 Å². The normalized spacial score (nSPS) is 12.2. The van der Waals surface area contributed by atoms with Crippen LogP contribution in [0, 0.1) is 11.2 Å². The van der Waals surface area contributed by atoms with Gasteiger partial charge >= 0.3 is 0 Å². The zero-order valence-electron chi connectivity index (χ0n) is 12.4. The first kappa shape index (κ1) is 16.6. The fourth-order valence-corrected chi connectivity index (χ4v) is 2.79. The molecule has 0 aromatic heterocycles. The summed E-state index contributed by atoms with van der Waals surface area (Å²) in [5.74, 6) is -0.186. The molecule has 0 fully saturated rings. The number of nitrogens with one attached hydrogen (secondary N) is 1. The van der Waals surface area contributed by atoms with E-state index in [0.717, 1.165) is 30.3 Å². The van der Waals surface area contributed by atoms with E-state index in [1.807, 2.05) is 6.07 Å². The Labute approximate surface area is 125 Å². The van der Waals surface area contributed by atoms with Gasteiger partial charge in [0.2, 0.25) is 0 Å². The molecule has 0 saturated carbocycles. The molecule has 1 nitrogen and oxygen atoms in total. The quantitative estimate of drug-likeness (QED) is 0.747. The van der Waals surface area contributed by atoms with Gasteiger partial charge in [0.05, 0.1) is 0 Å². The van der Waals surface area contributed by atoms with Gasteiger partial charge in [0.25, 0.3) is 0 Å². The second kappa shape index (κ2) is 7.39. The summed E-state index contributed by atoms with van der Waals surface area (Å²) in [4.78, 5) is 0. The molecule has 108 valence electrons. The molecule has 1 N–H and O–H groups in total. The van der Waals surface area contributed by atoms with Crippen LogP contribution in [0.25, 0.3) is 0 Å². The van der Waals surface area contributed by atoms with Crippen LogP contribution in [0.1, 0.15) is 46.1 Å². The lowest BCUT2D eigenvalue weighted by Crippen LogP contribution is -2.38. The summed E-state index contributed by atoms with van der Waals surface area (Å²) in [6, 6.07) is 5.50. The Balaban J connectivity index is 2.87. The van der Waals surface area contributed by atoms with Crippen molar-refractivity contribution in [1.29, 1.82) is 0 Å². The molecular formula is C16H25BrFN. The van der Waals surface area contributed by atoms with Gasteiger partial charge in [0.15, 0.2) is 0 Å². The van der Waals surface area contributed by atoms with Crippen molar-refractivity contribution >= 4 is 15.9 Å². The molecule has 0 saturated heterocycles. The average molecular weight is 330 g/mol. The summed E-state index contributed by atoms with van der Waals surface area (Å²) < 4.78 is 14.0. The summed E-state index contributed by atoms with van der Waals surface area (Å²) in [5.41, 5.74) is 1.43. The lowest BCUT2D eigenvalue weighted by atomic mass is 9.76. The molecule has 0 bridgehead atoms. The SMILES string of the molecule is CCC(CC)(CNC(C)C)Cc1ccc(F)cc1Br. The average Bonchev–Trinajstić information content (AvgIpc) is 2.37. The summed E-state index contributed by atoms with van der Waals surface area (Å²) >= 11 is 3.48. The van der Waals surface area contributed by atoms with E-state index in [-0.39, 0.29) is 11.2 Å². The number of hydrogen-bond acceptors (Lipinski definition) is 1. The van der Waals surface area contributed by atoms with Crippen LogP contribution in [0.4, 0.5) is 4.39 Å². The molecule has 0 aliphatic carbocycles. The zero-order chi connectivity index (χ0) is 14.5. The van der Waals surface area contributed by atoms with E-state index in [4.69, 9.17) is 0 Å². The van der Waals surface area contributed by atoms with Gasteiger partial charge in [-0.1, -0.05) is 49.7 Å². The predicted octanol–water partition coefficient (Wildman–Crippen LogP) is 4.94. The maximum absolute atomic E-state index is 13.2. The molecule has 0 spiro atoms. The van der Waals surface area contributed by atoms with Gasteiger partial charge in [-0.05, 0) is 42.4 Å². The van der Waals surface area contributed by atoms with Gasteiger partial charge in [-0.3, -0.25) is 0 Å². The van der Waals surface area contributed by atoms with Crippen molar-refractivity contribution in [1.82, 2.24) is 5.32 Å². The zero-order valence-corrected chi connectivity index (χ0v) is 14.0. The molecular weight excluding hydrogens is 305 g/mol. The number of rotatable bonds is 7. The Kier molecular flexibility index (Phi) is 6.48. The Bertz CT molecular complexity index is 400. The first-order valence-electron chi connectivity index (χ1n) is 7.09. The minimum absolute atomic E-state index is 0.186. The van der Waals surface area contributed by atoms with Crippen LogP contribution in [0.5, 0.6) is 0 Å². The summed E-state index contributed by atoms with van der Waals surface area (Å²) in [7, 11) is 0. The lowest BCUT2D eigenvalue weighted by Gasteiger charge is -2.33. The van der Waals surface area contributed by atoms with Gasteiger partial charge < -0.3 is 5.32 Å². The third-order valence-corrected chi connectivity index (χ3v) is 4.70. The molecule has 3 heteroatoms. The van der Waals surface area contributed by atoms with Crippen LogP contribution in [0.2, 0.25) is 0 Å². The van der Waals surface area contributed by atoms with Crippen LogP contribution in [0.3, 0.4) is 0 Å². The lowest BCUT2D eigenvalue weighted by molar-refractivity contribution is 0.239. The summed E-state index contributed by atoms with van der Waals surface area (Å²) in [6.07, 6.45) is 3.21. The van der Waals surface area contributed by atoms with Crippen molar-refractivity contribution in [3.63, 3.8) is 0 Å². The third kappa shape index (κ3) is 4.88. The van der Waals surface area contributed by atoms with Gasteiger partial charge in [-0.2, -0.15) is 0 Å². The Hall–Kier alpha value is -0.410. The molecule has 0 aliphatic rings. The molecule has 0 heterocycles. The van der Waals surface area contributed by atoms with Crippen LogP contribution < -0.4 is 5.32 Å². The smallest absolute Gasteiger partial charge is 0.124 e. The maximum Gasteiger partial charge on any atom is 0.124 e. The van der Waals surface area contributed by atoms with Crippen LogP contribution >= 0.6 is 15.9 Å². The molecule has 0 atom stereocenters. The van der Waals surface area contributed by atoms with Crippen molar-refractivity contribution in [3.05, 3.63) is 34.1 Å². The van der Waals surface area contributed by atoms with E-state index in [1.165, 1.54) is 5.56 Å². The van der Waals surface area contributed by atoms with Gasteiger partial charge in [-0.15, -0.1) is 0 Å². The minimum Gasteiger partial charge on any atom is -0.314 e. The molecule has 0 radical (unpaired) electrons. The van der Waals surface area contributed by atoms with E-state index in [1.54, 1.807) is 12.1 Å². The van der Waals surface area contributed by atoms with Crippen LogP contribution in [0.15, 0.2) is 22.7 Å². The fraction of sp³-hybridized carbons (Fsp3) is 0.625. The van der Waals surface area contributed by atoms with Gasteiger partial charge in [-0.25, -0.2) is 4.39 Å². The first-order chi connectivity index (χ1) is 8.92. The largest absolute Gasteiger partial charge is 0.314 e. The first-order valence-corrected chi connectivity index (χ1v) is 7.89. The van der Waals surface area contributed by atoms with E-state index in [0.29, 0.717) is 6.04 Å². The van der Waals surface area contributed by atoms with Crippen LogP contribution in [-0.2, 0) is 6.42 Å². The molecule has 0 aliphatic heterocycles. The standard InChI is InChI=1S/C16H25BrFN/c1-5-16(6-2,11-19-12(3)4)10-13-7-8-14(18)9-15(13)17/h7-9,12,19H,5-6,10-11H2,1-4H3. The Morgan fingerprint density at radius 1 is 1.26 bits per heavy atom. The highest BCUT2D eigenvalue weighted by Gasteiger charge is 2.27. The maximum atomic E-state index is 13.2. The highest BCUT2D eigenvalue weighted by atomic mass is 79.9. The fourth-order valence-electron chi connectivity index (χ4n) is 2.30. The van der Waals surface area contributed by atoms with Crippen LogP contribution in [-0.4, -0.2) is 12.6 Å². The highest BCUT2D eigenvalue weighted by molar-refractivity contribution is 9.10. The molecule has 0 amide bonds. The van der Waals surface area contributed by atoms with Gasteiger partial charge in [0, 0.05) is 17.1 Å². The number of halogens is 2. The summed E-state index contributed by atoms with van der Waals surface area (Å²) in [6.45, 7) is 9.82. The highest BCUT2D eigenvalue weighted by Crippen LogP contribution is 2.33. The molecule has 1 aromatic carbocycles. The van der Waals surface area contributed by atoms with E-state index in [2.05, 4.69) is 48.9 Å². The molecule has 1 aromatic rings. The predicted molar refractivity (Wildman–Crippen MR) is 84.0 cm³/mol. The minimum atomic E-state index is -0.186. The van der Waals surface area contributed by atoms with Crippen molar-refractivity contribution in [2.45, 2.75) is 53.0 Å². The monoisotopic (exact) mass is 329 g/mol. The number of hydrogen-bond donors (Lipinski definition) is 1. The third-order valence-electron chi connectivity index (χ3n) is 3.97. The van der Waals surface area contributed by atoms with E-state index < -0.39 is 0 Å². The van der Waals surface area contributed by atoms with Crippen molar-refractivity contribution < 1.29 is 4.39 Å². The Morgan fingerprint density at radius 3 is 2.37 bits per heavy atom. The van der Waals surface area contributed by atoms with Gasteiger partial charge in [0.1, 0.15) is 5.82 Å². The van der Waals surface area contributed by atoms with E-state index in [9.17, 15) is 4.39 Å².